The Morgan fingerprint density at radius 3 is 2.54 bits per heavy atom. The van der Waals surface area contributed by atoms with Crippen molar-refractivity contribution in [2.24, 2.45) is 5.73 Å². The smallest absolute Gasteiger partial charge is 0.364 e. The molecule has 0 bridgehead atoms. The van der Waals surface area contributed by atoms with Gasteiger partial charge in [0.25, 0.3) is 5.91 Å². The highest BCUT2D eigenvalue weighted by atomic mass is 19.4. The molecule has 0 spiro atoms. The Morgan fingerprint density at radius 2 is 1.88 bits per heavy atom. The van der Waals surface area contributed by atoms with Crippen LogP contribution in [-0.4, -0.2) is 47.0 Å². The van der Waals surface area contributed by atoms with Gasteiger partial charge in [-0.05, 0) is 11.6 Å². The number of amides is 1. The van der Waals surface area contributed by atoms with E-state index in [1.54, 1.807) is 12.3 Å². The summed E-state index contributed by atoms with van der Waals surface area (Å²) < 4.78 is 38.4. The molecule has 1 aromatic heterocycles. The zero-order chi connectivity index (χ0) is 18.7. The molecule has 2 N–H and O–H groups in total. The van der Waals surface area contributed by atoms with E-state index in [2.05, 4.69) is 14.9 Å². The summed E-state index contributed by atoms with van der Waals surface area (Å²) in [7, 11) is 0. The molecule has 1 fully saturated rings. The van der Waals surface area contributed by atoms with Crippen molar-refractivity contribution in [3.63, 3.8) is 0 Å². The predicted octanol–water partition coefficient (Wildman–Crippen LogP) is 1.92. The van der Waals surface area contributed by atoms with Crippen LogP contribution < -0.4 is 10.6 Å². The van der Waals surface area contributed by atoms with Gasteiger partial charge >= 0.3 is 6.18 Å². The van der Waals surface area contributed by atoms with Crippen LogP contribution in [0.5, 0.6) is 0 Å². The number of benzene rings is 1. The first-order valence-corrected chi connectivity index (χ1v) is 8.08. The number of hydrogen-bond donors (Lipinski definition) is 1. The molecule has 6 nitrogen and oxygen atoms in total. The molecule has 1 aromatic carbocycles. The maximum absolute atomic E-state index is 12.8. The number of aromatic nitrogens is 2. The molecule has 0 radical (unpaired) electrons. The number of alkyl halides is 3. The second-order valence-corrected chi connectivity index (χ2v) is 6.09. The van der Waals surface area contributed by atoms with Crippen LogP contribution in [0.25, 0.3) is 0 Å². The fourth-order valence-electron chi connectivity index (χ4n) is 2.87. The second kappa shape index (κ2) is 7.28. The first-order chi connectivity index (χ1) is 12.3. The topological polar surface area (TPSA) is 75.4 Å². The molecule has 0 atom stereocenters. The van der Waals surface area contributed by atoms with Crippen LogP contribution >= 0.6 is 0 Å². The molecule has 1 amide bonds. The first kappa shape index (κ1) is 18.1. The third-order valence-corrected chi connectivity index (χ3v) is 4.23. The van der Waals surface area contributed by atoms with Crippen molar-refractivity contribution in [1.29, 1.82) is 0 Å². The predicted molar refractivity (Wildman–Crippen MR) is 89.5 cm³/mol. The third kappa shape index (κ3) is 4.29. The number of primary amides is 1. The van der Waals surface area contributed by atoms with Gasteiger partial charge in [-0.25, -0.2) is 4.98 Å². The summed E-state index contributed by atoms with van der Waals surface area (Å²) in [5.41, 5.74) is 5.32. The zero-order valence-electron chi connectivity index (χ0n) is 13.9. The number of hydrogen-bond acceptors (Lipinski definition) is 5. The molecule has 0 aliphatic carbocycles. The van der Waals surface area contributed by atoms with Crippen LogP contribution in [0, 0.1) is 0 Å². The van der Waals surface area contributed by atoms with Crippen LogP contribution in [0.15, 0.2) is 36.7 Å². The third-order valence-electron chi connectivity index (χ3n) is 4.23. The van der Waals surface area contributed by atoms with E-state index in [0.717, 1.165) is 6.07 Å². The lowest BCUT2D eigenvalue weighted by atomic mass is 10.1. The standard InChI is InChI=1S/C17H18F3N5O/c18-17(19,20)13-3-1-2-12(8-13)11-24-4-6-25(7-5-24)15-10-22-9-14(23-15)16(21)26/h1-3,8-10H,4-7,11H2,(H2,21,26). The minimum absolute atomic E-state index is 0.105. The molecular weight excluding hydrogens is 347 g/mol. The molecular formula is C17H18F3N5O. The zero-order valence-corrected chi connectivity index (χ0v) is 13.9. The lowest BCUT2D eigenvalue weighted by Crippen LogP contribution is -2.46. The average Bonchev–Trinajstić information content (AvgIpc) is 2.62. The van der Waals surface area contributed by atoms with Crippen LogP contribution in [0.4, 0.5) is 19.0 Å². The van der Waals surface area contributed by atoms with Crippen molar-refractivity contribution in [2.45, 2.75) is 12.7 Å². The molecule has 1 saturated heterocycles. The van der Waals surface area contributed by atoms with Crippen LogP contribution in [0.3, 0.4) is 0 Å². The highest BCUT2D eigenvalue weighted by molar-refractivity contribution is 5.90. The normalized spacial score (nSPS) is 15.9. The van der Waals surface area contributed by atoms with E-state index in [9.17, 15) is 18.0 Å². The number of carbonyl (C=O) groups excluding carboxylic acids is 1. The molecule has 9 heteroatoms. The van der Waals surface area contributed by atoms with Gasteiger partial charge in [-0.2, -0.15) is 13.2 Å². The minimum Gasteiger partial charge on any atom is -0.364 e. The van der Waals surface area contributed by atoms with Crippen molar-refractivity contribution in [2.75, 3.05) is 31.1 Å². The van der Waals surface area contributed by atoms with Crippen LogP contribution in [0.1, 0.15) is 21.6 Å². The number of carbonyl (C=O) groups is 1. The van der Waals surface area contributed by atoms with E-state index >= 15 is 0 Å². The van der Waals surface area contributed by atoms with Gasteiger partial charge in [0, 0.05) is 32.7 Å². The number of nitrogens with zero attached hydrogens (tertiary/aromatic N) is 4. The van der Waals surface area contributed by atoms with Gasteiger partial charge in [-0.15, -0.1) is 0 Å². The fraction of sp³-hybridized carbons (Fsp3) is 0.353. The van der Waals surface area contributed by atoms with E-state index in [-0.39, 0.29) is 5.69 Å². The van der Waals surface area contributed by atoms with E-state index in [1.165, 1.54) is 18.3 Å². The van der Waals surface area contributed by atoms with Crippen molar-refractivity contribution >= 4 is 11.7 Å². The quantitative estimate of drug-likeness (QED) is 0.896. The molecule has 2 heterocycles. The number of anilines is 1. The number of halogens is 3. The summed E-state index contributed by atoms with van der Waals surface area (Å²) in [6, 6.07) is 5.39. The minimum atomic E-state index is -4.33. The highest BCUT2D eigenvalue weighted by Gasteiger charge is 2.30. The molecule has 26 heavy (non-hydrogen) atoms. The summed E-state index contributed by atoms with van der Waals surface area (Å²) >= 11 is 0. The van der Waals surface area contributed by atoms with Crippen molar-refractivity contribution < 1.29 is 18.0 Å². The monoisotopic (exact) mass is 365 g/mol. The fourth-order valence-corrected chi connectivity index (χ4v) is 2.87. The van der Waals surface area contributed by atoms with E-state index in [1.807, 2.05) is 4.90 Å². The van der Waals surface area contributed by atoms with Gasteiger partial charge in [0.2, 0.25) is 0 Å². The molecule has 138 valence electrons. The van der Waals surface area contributed by atoms with Crippen LogP contribution in [-0.2, 0) is 12.7 Å². The Kier molecular flexibility index (Phi) is 5.08. The van der Waals surface area contributed by atoms with Gasteiger partial charge in [-0.3, -0.25) is 14.7 Å². The van der Waals surface area contributed by atoms with Gasteiger partial charge in [0.05, 0.1) is 18.0 Å². The first-order valence-electron chi connectivity index (χ1n) is 8.08. The lowest BCUT2D eigenvalue weighted by molar-refractivity contribution is -0.137. The second-order valence-electron chi connectivity index (χ2n) is 6.09. The molecule has 3 rings (SSSR count). The summed E-state index contributed by atoms with van der Waals surface area (Å²) in [6.07, 6.45) is -1.45. The van der Waals surface area contributed by atoms with E-state index in [4.69, 9.17) is 5.73 Å². The molecule has 0 saturated carbocycles. The van der Waals surface area contributed by atoms with Gasteiger partial charge < -0.3 is 10.6 Å². The highest BCUT2D eigenvalue weighted by Crippen LogP contribution is 2.29. The van der Waals surface area contributed by atoms with Crippen LogP contribution in [0.2, 0.25) is 0 Å². The number of nitrogens with two attached hydrogens (primary N) is 1. The van der Waals surface area contributed by atoms with Crippen molar-refractivity contribution in [3.8, 4) is 0 Å². The maximum Gasteiger partial charge on any atom is 0.416 e. The van der Waals surface area contributed by atoms with E-state index < -0.39 is 17.6 Å². The largest absolute Gasteiger partial charge is 0.416 e. The molecule has 1 aliphatic heterocycles. The summed E-state index contributed by atoms with van der Waals surface area (Å²) in [5, 5.41) is 0. The number of rotatable bonds is 4. The Hall–Kier alpha value is -2.68. The molecule has 1 aliphatic rings. The van der Waals surface area contributed by atoms with E-state index in [0.29, 0.717) is 44.1 Å². The van der Waals surface area contributed by atoms with Gasteiger partial charge in [0.1, 0.15) is 11.5 Å². The molecule has 2 aromatic rings. The Bertz CT molecular complexity index is 788. The van der Waals surface area contributed by atoms with Gasteiger partial charge in [-0.1, -0.05) is 18.2 Å². The van der Waals surface area contributed by atoms with Crippen molar-refractivity contribution in [3.05, 3.63) is 53.5 Å². The Balaban J connectivity index is 1.61. The SMILES string of the molecule is NC(=O)c1cncc(N2CCN(Cc3cccc(C(F)(F)F)c3)CC2)n1. The maximum atomic E-state index is 12.8. The number of piperazine rings is 1. The summed E-state index contributed by atoms with van der Waals surface area (Å²) in [5.74, 6) is -0.0671. The van der Waals surface area contributed by atoms with Gasteiger partial charge in [0.15, 0.2) is 0 Å². The summed E-state index contributed by atoms with van der Waals surface area (Å²) in [4.78, 5) is 23.4. The summed E-state index contributed by atoms with van der Waals surface area (Å²) in [6.45, 7) is 3.05. The lowest BCUT2D eigenvalue weighted by Gasteiger charge is -2.35. The average molecular weight is 365 g/mol. The Labute approximate surface area is 148 Å². The molecule has 0 unspecified atom stereocenters. The Morgan fingerprint density at radius 1 is 1.15 bits per heavy atom. The van der Waals surface area contributed by atoms with Crippen molar-refractivity contribution in [1.82, 2.24) is 14.9 Å².